The van der Waals surface area contributed by atoms with Crippen molar-refractivity contribution in [1.29, 1.82) is 0 Å². The third-order valence-electron chi connectivity index (χ3n) is 4.59. The number of aromatic amines is 1. The first-order valence-electron chi connectivity index (χ1n) is 8.42. The van der Waals surface area contributed by atoms with E-state index in [1.165, 1.54) is 0 Å². The molecule has 4 rings (SSSR count). The summed E-state index contributed by atoms with van der Waals surface area (Å²) in [5.41, 5.74) is 4.08. The van der Waals surface area contributed by atoms with E-state index in [0.717, 1.165) is 40.8 Å². The molecule has 1 aliphatic rings. The molecule has 0 saturated carbocycles. The second-order valence-electron chi connectivity index (χ2n) is 6.37. The number of hydrogen-bond acceptors (Lipinski definition) is 2. The van der Waals surface area contributed by atoms with Crippen LogP contribution in [0.1, 0.15) is 28.9 Å². The molecule has 2 amide bonds. The number of carbonyl (C=O) groups excluding carboxylic acids is 2. The molecule has 2 N–H and O–H groups in total. The van der Waals surface area contributed by atoms with Crippen LogP contribution in [-0.4, -0.2) is 23.3 Å². The maximum absolute atomic E-state index is 12.5. The lowest BCUT2D eigenvalue weighted by atomic mass is 10.1. The number of aryl methyl sites for hydroxylation is 1. The van der Waals surface area contributed by atoms with E-state index in [1.54, 1.807) is 0 Å². The Balaban J connectivity index is 1.55. The quantitative estimate of drug-likeness (QED) is 0.764. The van der Waals surface area contributed by atoms with E-state index in [2.05, 4.69) is 10.3 Å². The van der Waals surface area contributed by atoms with E-state index < -0.39 is 0 Å². The summed E-state index contributed by atoms with van der Waals surface area (Å²) in [4.78, 5) is 29.3. The summed E-state index contributed by atoms with van der Waals surface area (Å²) in [5.74, 6) is -0.0152. The van der Waals surface area contributed by atoms with Crippen molar-refractivity contribution < 1.29 is 9.59 Å². The van der Waals surface area contributed by atoms with Crippen LogP contribution in [0.15, 0.2) is 48.5 Å². The average molecular weight is 333 g/mol. The highest BCUT2D eigenvalue weighted by Gasteiger charge is 2.23. The van der Waals surface area contributed by atoms with Gasteiger partial charge in [0.05, 0.1) is 0 Å². The first-order valence-corrected chi connectivity index (χ1v) is 8.42. The first-order chi connectivity index (χ1) is 12.1. The van der Waals surface area contributed by atoms with Gasteiger partial charge in [0.1, 0.15) is 5.69 Å². The van der Waals surface area contributed by atoms with E-state index in [0.29, 0.717) is 12.1 Å². The predicted molar refractivity (Wildman–Crippen MR) is 99.0 cm³/mol. The molecule has 0 radical (unpaired) electrons. The fourth-order valence-electron chi connectivity index (χ4n) is 3.33. The minimum absolute atomic E-state index is 0.165. The zero-order valence-corrected chi connectivity index (χ0v) is 14.0. The molecule has 2 aromatic carbocycles. The molecule has 2 heterocycles. The van der Waals surface area contributed by atoms with Crippen LogP contribution in [0.25, 0.3) is 10.9 Å². The predicted octanol–water partition coefficient (Wildman–Crippen LogP) is 3.86. The summed E-state index contributed by atoms with van der Waals surface area (Å²) in [5, 5.41) is 3.92. The summed E-state index contributed by atoms with van der Waals surface area (Å²) >= 11 is 0. The average Bonchev–Trinajstić information content (AvgIpc) is 3.21. The molecule has 1 fully saturated rings. The van der Waals surface area contributed by atoms with Crippen LogP contribution in [0.4, 0.5) is 11.4 Å². The number of carbonyl (C=O) groups is 2. The molecule has 0 aliphatic carbocycles. The smallest absolute Gasteiger partial charge is 0.272 e. The van der Waals surface area contributed by atoms with Gasteiger partial charge in [-0.05, 0) is 49.2 Å². The standard InChI is InChI=1S/C20H19N3O2/c1-13-11-15(8-9-18(13)23-10-4-7-19(23)24)21-20(25)17-12-14-5-2-3-6-16(14)22-17/h2-3,5-6,8-9,11-12,22H,4,7,10H2,1H3,(H,21,25). The number of H-pyrrole nitrogens is 1. The lowest BCUT2D eigenvalue weighted by Gasteiger charge is -2.19. The van der Waals surface area contributed by atoms with Crippen LogP contribution >= 0.6 is 0 Å². The third kappa shape index (κ3) is 2.89. The van der Waals surface area contributed by atoms with Crippen molar-refractivity contribution >= 4 is 34.1 Å². The van der Waals surface area contributed by atoms with E-state index in [9.17, 15) is 9.59 Å². The number of aromatic nitrogens is 1. The summed E-state index contributed by atoms with van der Waals surface area (Å²) in [6, 6.07) is 15.3. The third-order valence-corrected chi connectivity index (χ3v) is 4.59. The molecule has 1 aromatic heterocycles. The molecule has 25 heavy (non-hydrogen) atoms. The summed E-state index contributed by atoms with van der Waals surface area (Å²) in [7, 11) is 0. The van der Waals surface area contributed by atoms with Crippen LogP contribution in [0.2, 0.25) is 0 Å². The van der Waals surface area contributed by atoms with E-state index in [1.807, 2.05) is 60.4 Å². The molecule has 0 unspecified atom stereocenters. The molecule has 5 nitrogen and oxygen atoms in total. The Morgan fingerprint density at radius 3 is 2.72 bits per heavy atom. The van der Waals surface area contributed by atoms with Gasteiger partial charge in [0.15, 0.2) is 0 Å². The van der Waals surface area contributed by atoms with Crippen molar-refractivity contribution in [3.05, 3.63) is 59.8 Å². The summed E-state index contributed by atoms with van der Waals surface area (Å²) in [6.07, 6.45) is 1.51. The molecule has 0 atom stereocenters. The fourth-order valence-corrected chi connectivity index (χ4v) is 3.33. The van der Waals surface area contributed by atoms with Crippen LogP contribution in [0.3, 0.4) is 0 Å². The topological polar surface area (TPSA) is 65.2 Å². The minimum atomic E-state index is -0.180. The van der Waals surface area contributed by atoms with Crippen molar-refractivity contribution in [3.8, 4) is 0 Å². The molecule has 5 heteroatoms. The van der Waals surface area contributed by atoms with Crippen molar-refractivity contribution in [2.24, 2.45) is 0 Å². The number of anilines is 2. The van der Waals surface area contributed by atoms with Crippen molar-refractivity contribution in [2.45, 2.75) is 19.8 Å². The van der Waals surface area contributed by atoms with Gasteiger partial charge in [-0.1, -0.05) is 18.2 Å². The molecule has 3 aromatic rings. The lowest BCUT2D eigenvalue weighted by molar-refractivity contribution is -0.117. The van der Waals surface area contributed by atoms with Crippen molar-refractivity contribution in [2.75, 3.05) is 16.8 Å². The monoisotopic (exact) mass is 333 g/mol. The highest BCUT2D eigenvalue weighted by molar-refractivity contribution is 6.06. The maximum atomic E-state index is 12.5. The Hall–Kier alpha value is -3.08. The summed E-state index contributed by atoms with van der Waals surface area (Å²) in [6.45, 7) is 2.72. The van der Waals surface area contributed by atoms with Crippen LogP contribution < -0.4 is 10.2 Å². The lowest BCUT2D eigenvalue weighted by Crippen LogP contribution is -2.24. The highest BCUT2D eigenvalue weighted by Crippen LogP contribution is 2.27. The number of benzene rings is 2. The van der Waals surface area contributed by atoms with Gasteiger partial charge in [-0.3, -0.25) is 9.59 Å². The molecule has 0 spiro atoms. The number of hydrogen-bond donors (Lipinski definition) is 2. The van der Waals surface area contributed by atoms with Crippen molar-refractivity contribution in [1.82, 2.24) is 4.98 Å². The number of nitrogens with one attached hydrogen (secondary N) is 2. The Bertz CT molecular complexity index is 941. The van der Waals surface area contributed by atoms with Gasteiger partial charge in [-0.15, -0.1) is 0 Å². The Kier molecular flexibility index (Phi) is 3.76. The van der Waals surface area contributed by atoms with Gasteiger partial charge in [0.2, 0.25) is 5.91 Å². The fraction of sp³-hybridized carbons (Fsp3) is 0.200. The van der Waals surface area contributed by atoms with Crippen molar-refractivity contribution in [3.63, 3.8) is 0 Å². The van der Waals surface area contributed by atoms with Crippen LogP contribution in [-0.2, 0) is 4.79 Å². The SMILES string of the molecule is Cc1cc(NC(=O)c2cc3ccccc3[nH]2)ccc1N1CCCC1=O. The van der Waals surface area contributed by atoms with Gasteiger partial charge < -0.3 is 15.2 Å². The Morgan fingerprint density at radius 1 is 1.16 bits per heavy atom. The molecule has 1 aliphatic heterocycles. The number of amides is 2. The van der Waals surface area contributed by atoms with Gasteiger partial charge in [-0.25, -0.2) is 0 Å². The minimum Gasteiger partial charge on any atom is -0.351 e. The van der Waals surface area contributed by atoms with Crippen LogP contribution in [0, 0.1) is 6.92 Å². The maximum Gasteiger partial charge on any atom is 0.272 e. The van der Waals surface area contributed by atoms with Crippen LogP contribution in [0.5, 0.6) is 0 Å². The van der Waals surface area contributed by atoms with Gasteiger partial charge in [0.25, 0.3) is 5.91 Å². The zero-order chi connectivity index (χ0) is 17.4. The highest BCUT2D eigenvalue weighted by atomic mass is 16.2. The molecule has 126 valence electrons. The number of nitrogens with zero attached hydrogens (tertiary/aromatic N) is 1. The second-order valence-corrected chi connectivity index (χ2v) is 6.37. The first kappa shape index (κ1) is 15.4. The van der Waals surface area contributed by atoms with E-state index in [4.69, 9.17) is 0 Å². The molecular formula is C20H19N3O2. The Labute approximate surface area is 145 Å². The van der Waals surface area contributed by atoms with Gasteiger partial charge in [0, 0.05) is 35.2 Å². The second kappa shape index (κ2) is 6.09. The summed E-state index contributed by atoms with van der Waals surface area (Å²) < 4.78 is 0. The Morgan fingerprint density at radius 2 is 2.00 bits per heavy atom. The largest absolute Gasteiger partial charge is 0.351 e. The normalized spacial score (nSPS) is 14.3. The van der Waals surface area contributed by atoms with E-state index in [-0.39, 0.29) is 11.8 Å². The number of para-hydroxylation sites is 1. The number of rotatable bonds is 3. The molecule has 0 bridgehead atoms. The van der Waals surface area contributed by atoms with E-state index >= 15 is 0 Å². The molecule has 1 saturated heterocycles. The number of fused-ring (bicyclic) bond motifs is 1. The molecular weight excluding hydrogens is 314 g/mol. The van der Waals surface area contributed by atoms with Gasteiger partial charge >= 0.3 is 0 Å². The van der Waals surface area contributed by atoms with Gasteiger partial charge in [-0.2, -0.15) is 0 Å². The zero-order valence-electron chi connectivity index (χ0n) is 14.0.